The van der Waals surface area contributed by atoms with Crippen molar-refractivity contribution in [3.8, 4) is 0 Å². The Labute approximate surface area is 125 Å². The Morgan fingerprint density at radius 2 is 2.05 bits per heavy atom. The van der Waals surface area contributed by atoms with E-state index in [0.717, 1.165) is 55.8 Å². The van der Waals surface area contributed by atoms with E-state index in [4.69, 9.17) is 10.5 Å². The quantitative estimate of drug-likeness (QED) is 0.851. The Morgan fingerprint density at radius 3 is 2.86 bits per heavy atom. The summed E-state index contributed by atoms with van der Waals surface area (Å²) in [6, 6.07) is 8.09. The van der Waals surface area contributed by atoms with E-state index in [1.54, 1.807) is 0 Å². The summed E-state index contributed by atoms with van der Waals surface area (Å²) < 4.78 is 5.83. The molecular formula is C16H22N4O. The highest BCUT2D eigenvalue weighted by Crippen LogP contribution is 2.20. The molecule has 0 bridgehead atoms. The van der Waals surface area contributed by atoms with E-state index >= 15 is 0 Å². The van der Waals surface area contributed by atoms with Gasteiger partial charge >= 0.3 is 0 Å². The van der Waals surface area contributed by atoms with Crippen LogP contribution in [0.3, 0.4) is 0 Å². The summed E-state index contributed by atoms with van der Waals surface area (Å²) in [6.45, 7) is 3.37. The molecule has 0 amide bonds. The van der Waals surface area contributed by atoms with Crippen LogP contribution in [0.2, 0.25) is 0 Å². The lowest BCUT2D eigenvalue weighted by Gasteiger charge is -2.32. The van der Waals surface area contributed by atoms with Gasteiger partial charge < -0.3 is 15.4 Å². The standard InChI is InChI=1S/C16H22N4O/c17-8-3-11-21-14-6-9-20(10-7-14)16-18-12-13-4-1-2-5-15(13)19-16/h1-2,4-5,12,14H,3,6-11,17H2. The third kappa shape index (κ3) is 3.49. The van der Waals surface area contributed by atoms with Crippen LogP contribution in [-0.4, -0.2) is 42.3 Å². The van der Waals surface area contributed by atoms with Gasteiger partial charge in [0.1, 0.15) is 0 Å². The van der Waals surface area contributed by atoms with Crippen molar-refractivity contribution in [2.75, 3.05) is 31.1 Å². The molecule has 1 saturated heterocycles. The Morgan fingerprint density at radius 1 is 1.24 bits per heavy atom. The van der Waals surface area contributed by atoms with Crippen LogP contribution in [0, 0.1) is 0 Å². The molecule has 1 aromatic carbocycles. The number of hydrogen-bond acceptors (Lipinski definition) is 5. The van der Waals surface area contributed by atoms with Gasteiger partial charge in [-0.3, -0.25) is 0 Å². The van der Waals surface area contributed by atoms with Crippen molar-refractivity contribution < 1.29 is 4.74 Å². The van der Waals surface area contributed by atoms with Crippen molar-refractivity contribution in [2.24, 2.45) is 5.73 Å². The third-order valence-corrected chi connectivity index (χ3v) is 3.90. The van der Waals surface area contributed by atoms with Gasteiger partial charge in [0.15, 0.2) is 0 Å². The van der Waals surface area contributed by atoms with Gasteiger partial charge in [-0.25, -0.2) is 9.97 Å². The molecular weight excluding hydrogens is 264 g/mol. The first kappa shape index (κ1) is 14.2. The highest BCUT2D eigenvalue weighted by Gasteiger charge is 2.21. The Hall–Kier alpha value is -1.72. The molecule has 0 saturated carbocycles. The SMILES string of the molecule is NCCCOC1CCN(c2ncc3ccccc3n2)CC1. The molecule has 0 radical (unpaired) electrons. The van der Waals surface area contributed by atoms with Crippen molar-refractivity contribution in [3.63, 3.8) is 0 Å². The second-order valence-electron chi connectivity index (χ2n) is 5.43. The van der Waals surface area contributed by atoms with Crippen LogP contribution < -0.4 is 10.6 Å². The minimum atomic E-state index is 0.355. The topological polar surface area (TPSA) is 64.3 Å². The lowest BCUT2D eigenvalue weighted by Crippen LogP contribution is -2.38. The number of nitrogens with two attached hydrogens (primary N) is 1. The molecule has 5 nitrogen and oxygen atoms in total. The van der Waals surface area contributed by atoms with Crippen molar-refractivity contribution in [1.82, 2.24) is 9.97 Å². The molecule has 5 heteroatoms. The molecule has 2 heterocycles. The van der Waals surface area contributed by atoms with Crippen LogP contribution in [-0.2, 0) is 4.74 Å². The summed E-state index contributed by atoms with van der Waals surface area (Å²) in [7, 11) is 0. The van der Waals surface area contributed by atoms with Gasteiger partial charge in [-0.2, -0.15) is 0 Å². The first-order valence-corrected chi connectivity index (χ1v) is 7.65. The predicted octanol–water partition coefficient (Wildman–Crippen LogP) is 1.96. The lowest BCUT2D eigenvalue weighted by atomic mass is 10.1. The smallest absolute Gasteiger partial charge is 0.225 e. The highest BCUT2D eigenvalue weighted by atomic mass is 16.5. The minimum Gasteiger partial charge on any atom is -0.378 e. The van der Waals surface area contributed by atoms with E-state index in [2.05, 4.69) is 14.9 Å². The van der Waals surface area contributed by atoms with Gasteiger partial charge in [0, 0.05) is 31.3 Å². The second-order valence-corrected chi connectivity index (χ2v) is 5.43. The number of benzene rings is 1. The average molecular weight is 286 g/mol. The fraction of sp³-hybridized carbons (Fsp3) is 0.500. The number of nitrogens with zero attached hydrogens (tertiary/aromatic N) is 3. The maximum Gasteiger partial charge on any atom is 0.225 e. The number of anilines is 1. The monoisotopic (exact) mass is 286 g/mol. The van der Waals surface area contributed by atoms with Crippen molar-refractivity contribution in [2.45, 2.75) is 25.4 Å². The average Bonchev–Trinajstić information content (AvgIpc) is 2.55. The molecule has 0 atom stereocenters. The Kier molecular flexibility index (Phi) is 4.62. The second kappa shape index (κ2) is 6.83. The van der Waals surface area contributed by atoms with Crippen LogP contribution in [0.1, 0.15) is 19.3 Å². The van der Waals surface area contributed by atoms with E-state index in [1.165, 1.54) is 0 Å². The van der Waals surface area contributed by atoms with Crippen LogP contribution in [0.15, 0.2) is 30.5 Å². The zero-order chi connectivity index (χ0) is 14.5. The number of para-hydroxylation sites is 1. The highest BCUT2D eigenvalue weighted by molar-refractivity contribution is 5.78. The van der Waals surface area contributed by atoms with E-state index in [9.17, 15) is 0 Å². The van der Waals surface area contributed by atoms with Crippen LogP contribution in [0.4, 0.5) is 5.95 Å². The molecule has 2 N–H and O–H groups in total. The zero-order valence-corrected chi connectivity index (χ0v) is 12.2. The number of fused-ring (bicyclic) bond motifs is 1. The molecule has 0 unspecified atom stereocenters. The van der Waals surface area contributed by atoms with Gasteiger partial charge in [-0.1, -0.05) is 18.2 Å². The molecule has 0 aliphatic carbocycles. The minimum absolute atomic E-state index is 0.355. The molecule has 1 fully saturated rings. The first-order chi connectivity index (χ1) is 10.4. The summed E-state index contributed by atoms with van der Waals surface area (Å²) in [5, 5.41) is 1.08. The molecule has 0 spiro atoms. The number of piperidine rings is 1. The van der Waals surface area contributed by atoms with Gasteiger partial charge in [0.05, 0.1) is 11.6 Å². The van der Waals surface area contributed by atoms with Gasteiger partial charge in [-0.15, -0.1) is 0 Å². The van der Waals surface area contributed by atoms with Crippen LogP contribution in [0.25, 0.3) is 10.9 Å². The number of hydrogen-bond donors (Lipinski definition) is 1. The van der Waals surface area contributed by atoms with Gasteiger partial charge in [0.2, 0.25) is 5.95 Å². The predicted molar refractivity (Wildman–Crippen MR) is 84.4 cm³/mol. The fourth-order valence-electron chi connectivity index (χ4n) is 2.67. The summed E-state index contributed by atoms with van der Waals surface area (Å²) in [5.41, 5.74) is 6.49. The molecule has 3 rings (SSSR count). The fourth-order valence-corrected chi connectivity index (χ4v) is 2.67. The third-order valence-electron chi connectivity index (χ3n) is 3.90. The van der Waals surface area contributed by atoms with Gasteiger partial charge in [0.25, 0.3) is 0 Å². The molecule has 1 aliphatic heterocycles. The zero-order valence-electron chi connectivity index (χ0n) is 12.2. The van der Waals surface area contributed by atoms with Crippen LogP contribution >= 0.6 is 0 Å². The molecule has 21 heavy (non-hydrogen) atoms. The van der Waals surface area contributed by atoms with Crippen LogP contribution in [0.5, 0.6) is 0 Å². The Balaban J connectivity index is 1.60. The van der Waals surface area contributed by atoms with E-state index < -0.39 is 0 Å². The number of aromatic nitrogens is 2. The maximum atomic E-state index is 5.83. The maximum absolute atomic E-state index is 5.83. The summed E-state index contributed by atoms with van der Waals surface area (Å²) in [6.07, 6.45) is 5.25. The summed E-state index contributed by atoms with van der Waals surface area (Å²) >= 11 is 0. The molecule has 112 valence electrons. The molecule has 1 aliphatic rings. The summed E-state index contributed by atoms with van der Waals surface area (Å²) in [4.78, 5) is 11.4. The Bertz CT molecular complexity index is 581. The van der Waals surface area contributed by atoms with Crippen molar-refractivity contribution >= 4 is 16.9 Å². The normalized spacial score (nSPS) is 16.5. The van der Waals surface area contributed by atoms with Gasteiger partial charge in [-0.05, 0) is 31.9 Å². The van der Waals surface area contributed by atoms with E-state index in [-0.39, 0.29) is 0 Å². The molecule has 2 aromatic rings. The summed E-state index contributed by atoms with van der Waals surface area (Å²) in [5.74, 6) is 0.828. The van der Waals surface area contributed by atoms with Crippen molar-refractivity contribution in [1.29, 1.82) is 0 Å². The molecule has 1 aromatic heterocycles. The first-order valence-electron chi connectivity index (χ1n) is 7.65. The number of ether oxygens (including phenoxy) is 1. The van der Waals surface area contributed by atoms with E-state index in [0.29, 0.717) is 12.6 Å². The van der Waals surface area contributed by atoms with E-state index in [1.807, 2.05) is 30.5 Å². The number of rotatable bonds is 5. The lowest BCUT2D eigenvalue weighted by molar-refractivity contribution is 0.0365. The largest absolute Gasteiger partial charge is 0.378 e. The van der Waals surface area contributed by atoms with Crippen molar-refractivity contribution in [3.05, 3.63) is 30.5 Å².